The summed E-state index contributed by atoms with van der Waals surface area (Å²) < 4.78 is 0. The molecular formula is C16H14BrClS2. The van der Waals surface area contributed by atoms with E-state index in [4.69, 9.17) is 11.6 Å². The molecule has 0 aromatic heterocycles. The molecule has 0 aliphatic carbocycles. The standard InChI is InChI=1S/C16H14BrClS2/c17-7-8-19-16-9-11-3-1-2-4-14(11)20-15-6-5-12(18)10-13(15)16/h1-6,10,16H,7-9H2/t16-/m0/s1. The fourth-order valence-corrected chi connectivity index (χ4v) is 5.38. The van der Waals surface area contributed by atoms with Gasteiger partial charge in [0.25, 0.3) is 0 Å². The zero-order valence-corrected chi connectivity index (χ0v) is 14.8. The summed E-state index contributed by atoms with van der Waals surface area (Å²) in [6.45, 7) is 0. The number of benzene rings is 2. The predicted molar refractivity (Wildman–Crippen MR) is 94.7 cm³/mol. The summed E-state index contributed by atoms with van der Waals surface area (Å²) in [6.07, 6.45) is 1.08. The maximum absolute atomic E-state index is 6.21. The second kappa shape index (κ2) is 6.78. The van der Waals surface area contributed by atoms with E-state index in [1.807, 2.05) is 29.6 Å². The Balaban J connectivity index is 2.04. The minimum Gasteiger partial charge on any atom is -0.153 e. The maximum atomic E-state index is 6.21. The smallest absolute Gasteiger partial charge is 0.0409 e. The number of hydrogen-bond acceptors (Lipinski definition) is 2. The molecule has 0 fully saturated rings. The van der Waals surface area contributed by atoms with Gasteiger partial charge < -0.3 is 0 Å². The van der Waals surface area contributed by atoms with Gasteiger partial charge in [0.05, 0.1) is 0 Å². The fraction of sp³-hybridized carbons (Fsp3) is 0.250. The van der Waals surface area contributed by atoms with Gasteiger partial charge in [0.2, 0.25) is 0 Å². The molecule has 0 unspecified atom stereocenters. The van der Waals surface area contributed by atoms with Gasteiger partial charge in [0, 0.05) is 31.1 Å². The predicted octanol–water partition coefficient (Wildman–Crippen LogP) is 6.22. The lowest BCUT2D eigenvalue weighted by Gasteiger charge is -2.17. The third-order valence-electron chi connectivity index (χ3n) is 3.31. The third kappa shape index (κ3) is 3.22. The molecule has 1 heterocycles. The van der Waals surface area contributed by atoms with E-state index in [0.29, 0.717) is 5.25 Å². The van der Waals surface area contributed by atoms with Crippen LogP contribution in [0.5, 0.6) is 0 Å². The highest BCUT2D eigenvalue weighted by molar-refractivity contribution is 9.09. The summed E-state index contributed by atoms with van der Waals surface area (Å²) in [5.41, 5.74) is 2.82. The van der Waals surface area contributed by atoms with Gasteiger partial charge in [-0.05, 0) is 41.8 Å². The molecule has 0 bridgehead atoms. The third-order valence-corrected chi connectivity index (χ3v) is 6.94. The Morgan fingerprint density at radius 2 is 2.05 bits per heavy atom. The van der Waals surface area contributed by atoms with E-state index in [0.717, 1.165) is 22.5 Å². The van der Waals surface area contributed by atoms with Crippen molar-refractivity contribution in [3.63, 3.8) is 0 Å². The van der Waals surface area contributed by atoms with Crippen molar-refractivity contribution >= 4 is 51.1 Å². The second-order valence-electron chi connectivity index (χ2n) is 4.64. The number of halogens is 2. The summed E-state index contributed by atoms with van der Waals surface area (Å²) in [4.78, 5) is 2.71. The molecule has 0 saturated carbocycles. The molecule has 104 valence electrons. The number of hydrogen-bond donors (Lipinski definition) is 0. The molecule has 4 heteroatoms. The van der Waals surface area contributed by atoms with Crippen LogP contribution in [0.1, 0.15) is 16.4 Å². The zero-order chi connectivity index (χ0) is 13.9. The SMILES string of the molecule is Clc1ccc2c(c1)[C@@H](SCCBr)Cc1ccccc1S2. The van der Waals surface area contributed by atoms with Crippen LogP contribution in [-0.4, -0.2) is 11.1 Å². The van der Waals surface area contributed by atoms with E-state index in [2.05, 4.69) is 52.3 Å². The summed E-state index contributed by atoms with van der Waals surface area (Å²) in [5.74, 6) is 1.11. The molecule has 0 saturated heterocycles. The van der Waals surface area contributed by atoms with Crippen LogP contribution < -0.4 is 0 Å². The van der Waals surface area contributed by atoms with Gasteiger partial charge in [-0.1, -0.05) is 57.5 Å². The summed E-state index contributed by atoms with van der Waals surface area (Å²) >= 11 is 13.6. The minimum absolute atomic E-state index is 0.484. The number of thioether (sulfide) groups is 1. The van der Waals surface area contributed by atoms with Crippen LogP contribution in [-0.2, 0) is 6.42 Å². The minimum atomic E-state index is 0.484. The van der Waals surface area contributed by atoms with Crippen LogP contribution in [0.25, 0.3) is 0 Å². The Labute approximate surface area is 141 Å². The quantitative estimate of drug-likeness (QED) is 0.575. The first-order valence-corrected chi connectivity index (χ1v) is 9.87. The number of rotatable bonds is 3. The van der Waals surface area contributed by atoms with Gasteiger partial charge in [0.15, 0.2) is 0 Å². The van der Waals surface area contributed by atoms with Crippen LogP contribution in [0.4, 0.5) is 0 Å². The summed E-state index contributed by atoms with van der Waals surface area (Å²) in [7, 11) is 0. The molecule has 3 rings (SSSR count). The van der Waals surface area contributed by atoms with Crippen molar-refractivity contribution in [1.29, 1.82) is 0 Å². The Hall–Kier alpha value is -0.0900. The molecule has 20 heavy (non-hydrogen) atoms. The highest BCUT2D eigenvalue weighted by Crippen LogP contribution is 2.46. The Bertz CT molecular complexity index is 615. The van der Waals surface area contributed by atoms with Crippen molar-refractivity contribution in [3.8, 4) is 0 Å². The summed E-state index contributed by atoms with van der Waals surface area (Å²) in [6, 6.07) is 15.0. The van der Waals surface area contributed by atoms with E-state index in [-0.39, 0.29) is 0 Å². The van der Waals surface area contributed by atoms with E-state index >= 15 is 0 Å². The van der Waals surface area contributed by atoms with Crippen LogP contribution in [0, 0.1) is 0 Å². The van der Waals surface area contributed by atoms with Gasteiger partial charge in [-0.3, -0.25) is 0 Å². The number of fused-ring (bicyclic) bond motifs is 2. The Morgan fingerprint density at radius 1 is 1.20 bits per heavy atom. The average Bonchev–Trinajstić information content (AvgIpc) is 2.61. The van der Waals surface area contributed by atoms with Crippen molar-refractivity contribution in [1.82, 2.24) is 0 Å². The van der Waals surface area contributed by atoms with Crippen LogP contribution >= 0.6 is 51.1 Å². The van der Waals surface area contributed by atoms with Crippen molar-refractivity contribution in [2.24, 2.45) is 0 Å². The molecule has 0 amide bonds. The van der Waals surface area contributed by atoms with Crippen molar-refractivity contribution < 1.29 is 0 Å². The molecule has 0 nitrogen and oxygen atoms in total. The highest BCUT2D eigenvalue weighted by Gasteiger charge is 2.22. The first kappa shape index (κ1) is 14.8. The van der Waals surface area contributed by atoms with Crippen molar-refractivity contribution in [2.75, 3.05) is 11.1 Å². The molecular weight excluding hydrogens is 372 g/mol. The molecule has 1 aliphatic rings. The normalized spacial score (nSPS) is 17.2. The molecule has 1 atom stereocenters. The Kier molecular flexibility index (Phi) is 5.03. The van der Waals surface area contributed by atoms with E-state index in [1.165, 1.54) is 20.9 Å². The molecule has 0 spiro atoms. The lowest BCUT2D eigenvalue weighted by Crippen LogP contribution is -2.00. The van der Waals surface area contributed by atoms with E-state index in [1.54, 1.807) is 0 Å². The molecule has 2 aromatic carbocycles. The fourth-order valence-electron chi connectivity index (χ4n) is 2.40. The van der Waals surface area contributed by atoms with Crippen LogP contribution in [0.3, 0.4) is 0 Å². The molecule has 1 aliphatic heterocycles. The average molecular weight is 386 g/mol. The Morgan fingerprint density at radius 3 is 2.90 bits per heavy atom. The lowest BCUT2D eigenvalue weighted by molar-refractivity contribution is 0.902. The first-order valence-electron chi connectivity index (χ1n) is 6.50. The second-order valence-corrected chi connectivity index (χ2v) is 8.27. The van der Waals surface area contributed by atoms with E-state index < -0.39 is 0 Å². The van der Waals surface area contributed by atoms with Crippen molar-refractivity contribution in [2.45, 2.75) is 21.5 Å². The lowest BCUT2D eigenvalue weighted by atomic mass is 10.0. The van der Waals surface area contributed by atoms with Crippen LogP contribution in [0.2, 0.25) is 5.02 Å². The van der Waals surface area contributed by atoms with Gasteiger partial charge in [-0.25, -0.2) is 0 Å². The highest BCUT2D eigenvalue weighted by atomic mass is 79.9. The molecule has 2 aromatic rings. The number of alkyl halides is 1. The molecule has 0 radical (unpaired) electrons. The molecule has 0 N–H and O–H groups in total. The van der Waals surface area contributed by atoms with Gasteiger partial charge in [0.1, 0.15) is 0 Å². The maximum Gasteiger partial charge on any atom is 0.0409 e. The monoisotopic (exact) mass is 384 g/mol. The zero-order valence-electron chi connectivity index (χ0n) is 10.8. The van der Waals surface area contributed by atoms with Gasteiger partial charge in [-0.2, -0.15) is 11.8 Å². The summed E-state index contributed by atoms with van der Waals surface area (Å²) in [5, 5.41) is 2.34. The largest absolute Gasteiger partial charge is 0.153 e. The first-order chi connectivity index (χ1) is 9.78. The van der Waals surface area contributed by atoms with E-state index in [9.17, 15) is 0 Å². The topological polar surface area (TPSA) is 0 Å². The van der Waals surface area contributed by atoms with Gasteiger partial charge >= 0.3 is 0 Å². The van der Waals surface area contributed by atoms with Gasteiger partial charge in [-0.15, -0.1) is 0 Å². The van der Waals surface area contributed by atoms with Crippen molar-refractivity contribution in [3.05, 3.63) is 58.6 Å². The van der Waals surface area contributed by atoms with Crippen LogP contribution in [0.15, 0.2) is 52.3 Å².